The molecule has 0 saturated heterocycles. The fourth-order valence-corrected chi connectivity index (χ4v) is 4.75. The van der Waals surface area contributed by atoms with Crippen LogP contribution in [0.4, 0.5) is 0 Å². The number of rotatable bonds is 2. The van der Waals surface area contributed by atoms with Crippen molar-refractivity contribution >= 4 is 0 Å². The van der Waals surface area contributed by atoms with Crippen molar-refractivity contribution in [1.29, 1.82) is 0 Å². The van der Waals surface area contributed by atoms with E-state index in [1.165, 1.54) is 27.8 Å². The van der Waals surface area contributed by atoms with Crippen LogP contribution >= 0.6 is 0 Å². The topological polar surface area (TPSA) is 12.9 Å². The summed E-state index contributed by atoms with van der Waals surface area (Å²) in [6, 6.07) is 20.7. The van der Waals surface area contributed by atoms with Gasteiger partial charge in [0.05, 0.1) is 0 Å². The predicted octanol–water partition coefficient (Wildman–Crippen LogP) is 7.12. The van der Waals surface area contributed by atoms with Crippen molar-refractivity contribution in [2.24, 2.45) is 5.41 Å². The Morgan fingerprint density at radius 3 is 2.07 bits per heavy atom. The van der Waals surface area contributed by atoms with Crippen molar-refractivity contribution in [3.8, 4) is 22.4 Å². The second-order valence-corrected chi connectivity index (χ2v) is 9.80. The average molecular weight is 561 g/mol. The molecular formula is C27H30IrN-. The molecule has 2 aromatic carbocycles. The van der Waals surface area contributed by atoms with Crippen LogP contribution in [0.15, 0.2) is 54.7 Å². The number of aromatic nitrogens is 1. The van der Waals surface area contributed by atoms with Crippen molar-refractivity contribution in [3.63, 3.8) is 0 Å². The van der Waals surface area contributed by atoms with Crippen LogP contribution < -0.4 is 0 Å². The Bertz CT molecular complexity index is 1050. The molecule has 0 spiro atoms. The van der Waals surface area contributed by atoms with Crippen molar-refractivity contribution in [3.05, 3.63) is 77.5 Å². The Morgan fingerprint density at radius 1 is 0.828 bits per heavy atom. The van der Waals surface area contributed by atoms with E-state index in [9.17, 15) is 0 Å². The van der Waals surface area contributed by atoms with E-state index in [-0.39, 0.29) is 36.4 Å². The van der Waals surface area contributed by atoms with Gasteiger partial charge in [0.15, 0.2) is 0 Å². The largest absolute Gasteiger partial charge is 0.304 e. The molecule has 3 aromatic rings. The van der Waals surface area contributed by atoms with Gasteiger partial charge in [-0.05, 0) is 40.0 Å². The molecule has 0 fully saturated rings. The number of hydrogen-bond donors (Lipinski definition) is 0. The van der Waals surface area contributed by atoms with Crippen LogP contribution in [0.5, 0.6) is 0 Å². The number of nitrogens with zero attached hydrogens (tertiary/aromatic N) is 1. The molecule has 1 nitrogen and oxygen atoms in total. The molecule has 1 radical (unpaired) electrons. The van der Waals surface area contributed by atoms with Crippen LogP contribution in [0.25, 0.3) is 22.4 Å². The smallest absolute Gasteiger partial charge is 0.0242 e. The normalized spacial score (nSPS) is 18.0. The molecule has 0 atom stereocenters. The quantitative estimate of drug-likeness (QED) is 0.304. The molecule has 1 heterocycles. The van der Waals surface area contributed by atoms with Crippen molar-refractivity contribution in [2.45, 2.75) is 59.3 Å². The SMILES string of the molecule is Cc1cc(-c2[c-]cc3c(c2)C(C)(C)C(C)(C)C3(C)C)ncc1-c1ccccc1.[Ir]. The molecule has 29 heavy (non-hydrogen) atoms. The summed E-state index contributed by atoms with van der Waals surface area (Å²) in [6.07, 6.45) is 2.00. The molecule has 4 rings (SSSR count). The fourth-order valence-electron chi connectivity index (χ4n) is 4.75. The maximum Gasteiger partial charge on any atom is 0.0242 e. The van der Waals surface area contributed by atoms with Gasteiger partial charge in [-0.15, -0.1) is 34.9 Å². The molecule has 0 unspecified atom stereocenters. The van der Waals surface area contributed by atoms with Crippen LogP contribution in [-0.4, -0.2) is 4.98 Å². The zero-order valence-electron chi connectivity index (χ0n) is 18.5. The third kappa shape index (κ3) is 3.12. The average Bonchev–Trinajstić information content (AvgIpc) is 2.77. The van der Waals surface area contributed by atoms with Crippen LogP contribution in [0.3, 0.4) is 0 Å². The van der Waals surface area contributed by atoms with Gasteiger partial charge in [0.1, 0.15) is 0 Å². The Kier molecular flexibility index (Phi) is 5.43. The molecule has 0 aliphatic heterocycles. The molecular weight excluding hydrogens is 531 g/mol. The summed E-state index contributed by atoms with van der Waals surface area (Å²) in [5, 5.41) is 0. The summed E-state index contributed by atoms with van der Waals surface area (Å²) in [7, 11) is 0. The second-order valence-electron chi connectivity index (χ2n) is 9.80. The zero-order chi connectivity index (χ0) is 20.3. The Morgan fingerprint density at radius 2 is 1.45 bits per heavy atom. The first-order chi connectivity index (χ1) is 13.1. The number of pyridine rings is 1. The maximum absolute atomic E-state index is 4.80. The number of aryl methyl sites for hydroxylation is 1. The van der Waals surface area contributed by atoms with Crippen LogP contribution in [0, 0.1) is 18.4 Å². The van der Waals surface area contributed by atoms with Gasteiger partial charge in [0.2, 0.25) is 0 Å². The fraction of sp³-hybridized carbons (Fsp3) is 0.370. The Labute approximate surface area is 189 Å². The summed E-state index contributed by atoms with van der Waals surface area (Å²) in [5.41, 5.74) is 8.94. The summed E-state index contributed by atoms with van der Waals surface area (Å²) in [5.74, 6) is 0. The van der Waals surface area contributed by atoms with Crippen molar-refractivity contribution < 1.29 is 20.1 Å². The van der Waals surface area contributed by atoms with E-state index in [1.54, 1.807) is 0 Å². The molecule has 0 amide bonds. The first kappa shape index (κ1) is 21.9. The van der Waals surface area contributed by atoms with E-state index in [4.69, 9.17) is 4.98 Å². The minimum absolute atomic E-state index is 0. The Balaban J connectivity index is 0.00000240. The minimum Gasteiger partial charge on any atom is -0.304 e. The van der Waals surface area contributed by atoms with Crippen molar-refractivity contribution in [1.82, 2.24) is 4.98 Å². The molecule has 1 aliphatic carbocycles. The van der Waals surface area contributed by atoms with Crippen LogP contribution in [0.2, 0.25) is 0 Å². The van der Waals surface area contributed by atoms with Gasteiger partial charge < -0.3 is 4.98 Å². The molecule has 153 valence electrons. The van der Waals surface area contributed by atoms with E-state index < -0.39 is 0 Å². The number of hydrogen-bond acceptors (Lipinski definition) is 1. The van der Waals surface area contributed by atoms with Crippen LogP contribution in [-0.2, 0) is 30.9 Å². The summed E-state index contributed by atoms with van der Waals surface area (Å²) < 4.78 is 0. The molecule has 1 aromatic heterocycles. The molecule has 0 saturated carbocycles. The first-order valence-corrected chi connectivity index (χ1v) is 10.2. The monoisotopic (exact) mass is 561 g/mol. The third-order valence-corrected chi connectivity index (χ3v) is 7.89. The third-order valence-electron chi connectivity index (χ3n) is 7.89. The van der Waals surface area contributed by atoms with Crippen LogP contribution in [0.1, 0.15) is 58.2 Å². The molecule has 0 N–H and O–H groups in total. The van der Waals surface area contributed by atoms with E-state index in [1.807, 2.05) is 12.3 Å². The van der Waals surface area contributed by atoms with Crippen molar-refractivity contribution in [2.75, 3.05) is 0 Å². The van der Waals surface area contributed by atoms with Gasteiger partial charge in [-0.3, -0.25) is 0 Å². The molecule has 2 heteroatoms. The Hall–Kier alpha value is -1.76. The van der Waals surface area contributed by atoms with Gasteiger partial charge in [0, 0.05) is 31.9 Å². The minimum atomic E-state index is 0. The number of benzene rings is 2. The predicted molar refractivity (Wildman–Crippen MR) is 119 cm³/mol. The second kappa shape index (κ2) is 7.18. The first-order valence-electron chi connectivity index (χ1n) is 10.2. The van der Waals surface area contributed by atoms with Gasteiger partial charge in [0.25, 0.3) is 0 Å². The van der Waals surface area contributed by atoms with E-state index in [2.05, 4.69) is 97.0 Å². The zero-order valence-corrected chi connectivity index (χ0v) is 20.9. The number of fused-ring (bicyclic) bond motifs is 1. The van der Waals surface area contributed by atoms with Gasteiger partial charge in [-0.1, -0.05) is 77.9 Å². The standard InChI is InChI=1S/C27H30N.Ir/c1-18-15-24(28-17-21(18)19-11-9-8-10-12-19)20-13-14-22-23(16-20)26(4,5)27(6,7)25(22,2)3;/h8-12,14-17H,1-7H3;/q-1;. The van der Waals surface area contributed by atoms with Gasteiger partial charge >= 0.3 is 0 Å². The maximum atomic E-state index is 4.80. The van der Waals surface area contributed by atoms with E-state index >= 15 is 0 Å². The van der Waals surface area contributed by atoms with Gasteiger partial charge in [-0.2, -0.15) is 0 Å². The molecule has 0 bridgehead atoms. The molecule has 1 aliphatic rings. The van der Waals surface area contributed by atoms with Gasteiger partial charge in [-0.25, -0.2) is 0 Å². The summed E-state index contributed by atoms with van der Waals surface area (Å²) in [6.45, 7) is 16.4. The summed E-state index contributed by atoms with van der Waals surface area (Å²) >= 11 is 0. The summed E-state index contributed by atoms with van der Waals surface area (Å²) in [4.78, 5) is 4.80. The van der Waals surface area contributed by atoms with E-state index in [0.29, 0.717) is 0 Å². The van der Waals surface area contributed by atoms with E-state index in [0.717, 1.165) is 11.3 Å².